The minimum Gasteiger partial charge on any atom is -0.211 e. The number of carbonyl (C=O) groups excluding carboxylic acids is 2. The number of fused-ring (bicyclic) bond motifs is 1. The molecule has 1 aliphatic carbocycles. The standard InChI is InChI=1S/C17H20N2O2/c1-4-5-6-13-14(18-10-20)9-12-7-8-17(2,3)15(12)16(13)19-11-21/h9H,4-8H2,1-3H3. The van der Waals surface area contributed by atoms with Gasteiger partial charge < -0.3 is 0 Å². The molecule has 1 aromatic carbocycles. The van der Waals surface area contributed by atoms with Gasteiger partial charge in [-0.2, -0.15) is 9.98 Å². The Hall–Kier alpha value is -2.02. The Bertz CT molecular complexity index is 649. The zero-order chi connectivity index (χ0) is 15.5. The van der Waals surface area contributed by atoms with Crippen LogP contribution in [0.15, 0.2) is 16.1 Å². The van der Waals surface area contributed by atoms with Crippen molar-refractivity contribution in [2.24, 2.45) is 9.98 Å². The molecule has 0 saturated carbocycles. The maximum Gasteiger partial charge on any atom is 0.240 e. The molecule has 1 aliphatic rings. The molecule has 0 atom stereocenters. The quantitative estimate of drug-likeness (QED) is 0.601. The van der Waals surface area contributed by atoms with Crippen LogP contribution in [-0.2, 0) is 27.8 Å². The summed E-state index contributed by atoms with van der Waals surface area (Å²) in [5.41, 5.74) is 4.37. The number of rotatable bonds is 5. The lowest BCUT2D eigenvalue weighted by atomic mass is 9.83. The number of nitrogens with zero attached hydrogens (tertiary/aromatic N) is 2. The molecule has 0 saturated heterocycles. The zero-order valence-electron chi connectivity index (χ0n) is 12.8. The summed E-state index contributed by atoms with van der Waals surface area (Å²) in [5.74, 6) is 0. The predicted octanol–water partition coefficient (Wildman–Crippen LogP) is 4.19. The Labute approximate surface area is 125 Å². The number of hydrogen-bond acceptors (Lipinski definition) is 4. The topological polar surface area (TPSA) is 58.9 Å². The van der Waals surface area contributed by atoms with Gasteiger partial charge in [-0.1, -0.05) is 27.2 Å². The van der Waals surface area contributed by atoms with Gasteiger partial charge in [0.2, 0.25) is 12.2 Å². The lowest BCUT2D eigenvalue weighted by Crippen LogP contribution is -2.13. The van der Waals surface area contributed by atoms with Crippen molar-refractivity contribution in [3.05, 3.63) is 22.8 Å². The van der Waals surface area contributed by atoms with Crippen molar-refractivity contribution in [3.8, 4) is 0 Å². The van der Waals surface area contributed by atoms with E-state index >= 15 is 0 Å². The van der Waals surface area contributed by atoms with E-state index in [1.165, 1.54) is 0 Å². The van der Waals surface area contributed by atoms with Gasteiger partial charge in [0.25, 0.3) is 0 Å². The normalized spacial score (nSPS) is 15.0. The molecule has 0 bridgehead atoms. The maximum atomic E-state index is 10.9. The maximum absolute atomic E-state index is 10.9. The van der Waals surface area contributed by atoms with Crippen molar-refractivity contribution >= 4 is 23.5 Å². The number of hydrogen-bond donors (Lipinski definition) is 0. The van der Waals surface area contributed by atoms with Crippen LogP contribution in [0.2, 0.25) is 0 Å². The highest BCUT2D eigenvalue weighted by molar-refractivity contribution is 5.73. The van der Waals surface area contributed by atoms with Crippen LogP contribution in [0.4, 0.5) is 11.4 Å². The van der Waals surface area contributed by atoms with E-state index in [4.69, 9.17) is 0 Å². The molecule has 0 spiro atoms. The van der Waals surface area contributed by atoms with Crippen LogP contribution < -0.4 is 0 Å². The smallest absolute Gasteiger partial charge is 0.211 e. The Morgan fingerprint density at radius 1 is 1.24 bits per heavy atom. The summed E-state index contributed by atoms with van der Waals surface area (Å²) in [6, 6.07) is 1.96. The van der Waals surface area contributed by atoms with Gasteiger partial charge in [-0.3, -0.25) is 0 Å². The van der Waals surface area contributed by atoms with Gasteiger partial charge >= 0.3 is 0 Å². The van der Waals surface area contributed by atoms with Crippen molar-refractivity contribution in [1.29, 1.82) is 0 Å². The molecule has 21 heavy (non-hydrogen) atoms. The highest BCUT2D eigenvalue weighted by Gasteiger charge is 2.34. The Balaban J connectivity index is 2.75. The van der Waals surface area contributed by atoms with E-state index in [2.05, 4.69) is 30.8 Å². The predicted molar refractivity (Wildman–Crippen MR) is 82.0 cm³/mol. The fourth-order valence-electron chi connectivity index (χ4n) is 3.19. The van der Waals surface area contributed by atoms with Crippen LogP contribution >= 0.6 is 0 Å². The second-order valence-corrected chi connectivity index (χ2v) is 6.15. The van der Waals surface area contributed by atoms with Crippen LogP contribution in [0, 0.1) is 0 Å². The second kappa shape index (κ2) is 6.17. The van der Waals surface area contributed by atoms with Gasteiger partial charge in [0, 0.05) is 5.56 Å². The molecular formula is C17H20N2O2. The first kappa shape index (κ1) is 15.4. The second-order valence-electron chi connectivity index (χ2n) is 6.15. The number of aliphatic imine (C=N–C) groups is 2. The van der Waals surface area contributed by atoms with Crippen molar-refractivity contribution in [3.63, 3.8) is 0 Å². The highest BCUT2D eigenvalue weighted by Crippen LogP contribution is 2.48. The van der Waals surface area contributed by atoms with E-state index in [0.717, 1.165) is 48.8 Å². The first-order valence-corrected chi connectivity index (χ1v) is 7.40. The first-order valence-electron chi connectivity index (χ1n) is 7.40. The third kappa shape index (κ3) is 2.87. The minimum atomic E-state index is -0.0184. The SMILES string of the molecule is CCCCc1c(N=C=O)cc2c(c1N=C=O)C(C)(C)CC2. The third-order valence-electron chi connectivity index (χ3n) is 4.26. The number of benzene rings is 1. The van der Waals surface area contributed by atoms with Gasteiger partial charge in [-0.05, 0) is 48.3 Å². The Morgan fingerprint density at radius 3 is 2.57 bits per heavy atom. The van der Waals surface area contributed by atoms with Gasteiger partial charge in [0.15, 0.2) is 0 Å². The molecule has 0 fully saturated rings. The molecule has 0 radical (unpaired) electrons. The lowest BCUT2D eigenvalue weighted by molar-refractivity contribution is 0.522. The van der Waals surface area contributed by atoms with Crippen LogP contribution in [0.5, 0.6) is 0 Å². The fourth-order valence-corrected chi connectivity index (χ4v) is 3.19. The summed E-state index contributed by atoms with van der Waals surface area (Å²) in [7, 11) is 0. The molecule has 4 heteroatoms. The van der Waals surface area contributed by atoms with Gasteiger partial charge in [-0.25, -0.2) is 9.59 Å². The highest BCUT2D eigenvalue weighted by atomic mass is 16.1. The molecular weight excluding hydrogens is 264 g/mol. The molecule has 0 heterocycles. The summed E-state index contributed by atoms with van der Waals surface area (Å²) in [4.78, 5) is 29.4. The molecule has 0 amide bonds. The van der Waals surface area contributed by atoms with E-state index in [-0.39, 0.29) is 5.41 Å². The monoisotopic (exact) mass is 284 g/mol. The van der Waals surface area contributed by atoms with Gasteiger partial charge in [-0.15, -0.1) is 0 Å². The van der Waals surface area contributed by atoms with E-state index < -0.39 is 0 Å². The molecule has 0 N–H and O–H groups in total. The summed E-state index contributed by atoms with van der Waals surface area (Å²) >= 11 is 0. The minimum absolute atomic E-state index is 0.0184. The summed E-state index contributed by atoms with van der Waals surface area (Å²) in [6.07, 6.45) is 7.94. The Kier molecular flexibility index (Phi) is 4.52. The lowest BCUT2D eigenvalue weighted by Gasteiger charge is -2.22. The van der Waals surface area contributed by atoms with Crippen LogP contribution in [0.3, 0.4) is 0 Å². The number of isocyanates is 2. The molecule has 0 aromatic heterocycles. The largest absolute Gasteiger partial charge is 0.240 e. The molecule has 1 aromatic rings. The first-order chi connectivity index (χ1) is 10.0. The van der Waals surface area contributed by atoms with Crippen molar-refractivity contribution in [2.45, 2.75) is 58.3 Å². The van der Waals surface area contributed by atoms with Gasteiger partial charge in [0.05, 0.1) is 11.4 Å². The van der Waals surface area contributed by atoms with E-state index in [1.54, 1.807) is 12.2 Å². The third-order valence-corrected chi connectivity index (χ3v) is 4.26. The van der Waals surface area contributed by atoms with E-state index in [0.29, 0.717) is 11.4 Å². The molecule has 2 rings (SSSR count). The average molecular weight is 284 g/mol. The van der Waals surface area contributed by atoms with Crippen LogP contribution in [0.25, 0.3) is 0 Å². The van der Waals surface area contributed by atoms with Crippen molar-refractivity contribution in [1.82, 2.24) is 0 Å². The summed E-state index contributed by atoms with van der Waals surface area (Å²) < 4.78 is 0. The fraction of sp³-hybridized carbons (Fsp3) is 0.529. The van der Waals surface area contributed by atoms with E-state index in [9.17, 15) is 9.59 Å². The van der Waals surface area contributed by atoms with E-state index in [1.807, 2.05) is 6.07 Å². The zero-order valence-corrected chi connectivity index (χ0v) is 12.8. The van der Waals surface area contributed by atoms with Crippen LogP contribution in [-0.4, -0.2) is 12.2 Å². The molecule has 0 unspecified atom stereocenters. The number of aryl methyl sites for hydroxylation is 1. The van der Waals surface area contributed by atoms with Crippen molar-refractivity contribution < 1.29 is 9.59 Å². The molecule has 110 valence electrons. The molecule has 4 nitrogen and oxygen atoms in total. The molecule has 0 aliphatic heterocycles. The van der Waals surface area contributed by atoms with Crippen LogP contribution in [0.1, 0.15) is 56.7 Å². The van der Waals surface area contributed by atoms with Gasteiger partial charge in [0.1, 0.15) is 0 Å². The average Bonchev–Trinajstić information content (AvgIpc) is 2.74. The summed E-state index contributed by atoms with van der Waals surface area (Å²) in [6.45, 7) is 6.42. The number of unbranched alkanes of at least 4 members (excludes halogenated alkanes) is 1. The van der Waals surface area contributed by atoms with Crippen molar-refractivity contribution in [2.75, 3.05) is 0 Å². The Morgan fingerprint density at radius 2 is 1.95 bits per heavy atom. The summed E-state index contributed by atoms with van der Waals surface area (Å²) in [5, 5.41) is 0.